The van der Waals surface area contributed by atoms with E-state index in [-0.39, 0.29) is 23.6 Å². The number of halogens is 4. The lowest BCUT2D eigenvalue weighted by molar-refractivity contribution is -0.0209. The molecule has 33 heavy (non-hydrogen) atoms. The molecule has 1 unspecified atom stereocenters. The second-order valence-electron chi connectivity index (χ2n) is 7.71. The summed E-state index contributed by atoms with van der Waals surface area (Å²) in [5, 5.41) is 16.6. The second-order valence-corrected chi connectivity index (χ2v) is 9.59. The van der Waals surface area contributed by atoms with Gasteiger partial charge in [-0.1, -0.05) is 6.92 Å². The van der Waals surface area contributed by atoms with Gasteiger partial charge in [0.25, 0.3) is 5.92 Å². The van der Waals surface area contributed by atoms with E-state index in [1.54, 1.807) is 43.9 Å². The van der Waals surface area contributed by atoms with Gasteiger partial charge >= 0.3 is 0 Å². The molecule has 1 atom stereocenters. The summed E-state index contributed by atoms with van der Waals surface area (Å²) in [5.74, 6) is -2.81. The Morgan fingerprint density at radius 2 is 1.88 bits per heavy atom. The first-order valence-corrected chi connectivity index (χ1v) is 12.3. The Balaban J connectivity index is 0.000000257. The molecule has 0 amide bonds. The highest BCUT2D eigenvalue weighted by atomic mass is 32.2. The predicted octanol–water partition coefficient (Wildman–Crippen LogP) is 5.99. The fourth-order valence-electron chi connectivity index (χ4n) is 3.36. The minimum atomic E-state index is -2.52. The maximum Gasteiger partial charge on any atom is 0.264 e. The average Bonchev–Trinajstić information content (AvgIpc) is 3.05. The van der Waals surface area contributed by atoms with Crippen LogP contribution >= 0.6 is 23.7 Å². The second kappa shape index (κ2) is 13.1. The van der Waals surface area contributed by atoms with E-state index in [4.69, 9.17) is 10.4 Å². The largest absolute Gasteiger partial charge is 0.385 e. The van der Waals surface area contributed by atoms with Gasteiger partial charge in [0.15, 0.2) is 0 Å². The molecule has 1 fully saturated rings. The monoisotopic (exact) mass is 500 g/mol. The van der Waals surface area contributed by atoms with Crippen molar-refractivity contribution in [2.45, 2.75) is 35.5 Å². The lowest BCUT2D eigenvalue weighted by atomic mass is 10.1. The Labute approximate surface area is 201 Å². The lowest BCUT2D eigenvalue weighted by Gasteiger charge is -2.14. The number of rotatable bonds is 8. The zero-order valence-electron chi connectivity index (χ0n) is 18.6. The van der Waals surface area contributed by atoms with Gasteiger partial charge in [-0.3, -0.25) is 10.0 Å². The number of thioether (sulfide) groups is 1. The van der Waals surface area contributed by atoms with Gasteiger partial charge in [-0.2, -0.15) is 5.26 Å². The molecule has 1 saturated heterocycles. The third kappa shape index (κ3) is 8.41. The Bertz CT molecular complexity index is 935. The molecule has 2 aromatic carbocycles. The summed E-state index contributed by atoms with van der Waals surface area (Å²) in [7, 11) is 1.56. The molecule has 1 heterocycles. The van der Waals surface area contributed by atoms with E-state index in [1.807, 2.05) is 11.0 Å². The third-order valence-electron chi connectivity index (χ3n) is 5.21. The number of nitriles is 1. The summed E-state index contributed by atoms with van der Waals surface area (Å²) in [6.07, 6.45) is 1.91. The fraction of sp³-hybridized carbons (Fsp3) is 0.435. The maximum absolute atomic E-state index is 13.3. The average molecular weight is 501 g/mol. The smallest absolute Gasteiger partial charge is 0.264 e. The van der Waals surface area contributed by atoms with Crippen LogP contribution in [0.15, 0.2) is 46.2 Å². The van der Waals surface area contributed by atoms with E-state index < -0.39 is 17.7 Å². The molecule has 3 rings (SSSR count). The predicted molar refractivity (Wildman–Crippen MR) is 128 cm³/mol. The summed E-state index contributed by atoms with van der Waals surface area (Å²) in [5.41, 5.74) is 0.468. The highest BCUT2D eigenvalue weighted by Gasteiger charge is 2.44. The van der Waals surface area contributed by atoms with E-state index >= 15 is 0 Å². The highest BCUT2D eigenvalue weighted by molar-refractivity contribution is 7.99. The quantitative estimate of drug-likeness (QED) is 0.201. The number of hydrogen-bond acceptors (Lipinski definition) is 6. The first kappa shape index (κ1) is 27.3. The lowest BCUT2D eigenvalue weighted by Crippen LogP contribution is -2.27. The number of unbranched alkanes of at least 4 members (excludes halogenated alkanes) is 1. The Morgan fingerprint density at radius 3 is 2.42 bits per heavy atom. The van der Waals surface area contributed by atoms with Gasteiger partial charge < -0.3 is 5.32 Å². The van der Waals surface area contributed by atoms with Gasteiger partial charge in [0, 0.05) is 29.3 Å². The molecule has 0 radical (unpaired) electrons. The van der Waals surface area contributed by atoms with Crippen LogP contribution in [0.4, 0.5) is 23.2 Å². The van der Waals surface area contributed by atoms with Gasteiger partial charge in [0.1, 0.15) is 17.7 Å². The van der Waals surface area contributed by atoms with Gasteiger partial charge in [0.05, 0.1) is 17.8 Å². The number of benzene rings is 2. The summed E-state index contributed by atoms with van der Waals surface area (Å²) in [4.78, 5) is 3.44. The highest BCUT2D eigenvalue weighted by Crippen LogP contribution is 2.32. The van der Waals surface area contributed by atoms with Crippen LogP contribution in [-0.4, -0.2) is 43.3 Å². The van der Waals surface area contributed by atoms with E-state index in [9.17, 15) is 17.6 Å². The van der Waals surface area contributed by atoms with Crippen LogP contribution in [0.1, 0.15) is 25.3 Å². The molecule has 0 spiro atoms. The number of nitrogens with two attached hydrogens (primary N) is 1. The van der Waals surface area contributed by atoms with Gasteiger partial charge in [-0.25, -0.2) is 17.6 Å². The SMILES string of the molecule is CC1CN(CCCCSc2ccc(F)cc2)CC1(F)F.CNc1c(F)cc(SN)cc1C#N. The minimum Gasteiger partial charge on any atom is -0.385 e. The van der Waals surface area contributed by atoms with Gasteiger partial charge in [-0.05, 0) is 73.5 Å². The molecular weight excluding hydrogens is 472 g/mol. The van der Waals surface area contributed by atoms with Gasteiger partial charge in [-0.15, -0.1) is 11.8 Å². The Hall–Kier alpha value is -1.93. The topological polar surface area (TPSA) is 65.1 Å². The number of nitrogens with zero attached hydrogens (tertiary/aromatic N) is 2. The van der Waals surface area contributed by atoms with Crippen LogP contribution in [0.25, 0.3) is 0 Å². The van der Waals surface area contributed by atoms with Crippen LogP contribution in [0, 0.1) is 28.9 Å². The van der Waals surface area contributed by atoms with Crippen molar-refractivity contribution in [3.05, 3.63) is 53.6 Å². The molecule has 1 aliphatic rings. The van der Waals surface area contributed by atoms with Crippen LogP contribution < -0.4 is 10.5 Å². The van der Waals surface area contributed by atoms with Gasteiger partial charge in [0.2, 0.25) is 0 Å². The molecule has 10 heteroatoms. The summed E-state index contributed by atoms with van der Waals surface area (Å²) < 4.78 is 52.6. The number of nitrogens with one attached hydrogen (secondary N) is 1. The molecule has 1 aliphatic heterocycles. The Kier molecular flexibility index (Phi) is 10.8. The molecule has 4 nitrogen and oxygen atoms in total. The number of hydrogen-bond donors (Lipinski definition) is 2. The normalized spacial score (nSPS) is 17.2. The van der Waals surface area contributed by atoms with Crippen molar-refractivity contribution in [2.75, 3.05) is 37.8 Å². The van der Waals surface area contributed by atoms with E-state index in [2.05, 4.69) is 5.32 Å². The number of alkyl halides is 2. The van der Waals surface area contributed by atoms with Crippen LogP contribution in [-0.2, 0) is 0 Å². The zero-order valence-corrected chi connectivity index (χ0v) is 20.2. The van der Waals surface area contributed by atoms with E-state index in [0.29, 0.717) is 11.4 Å². The fourth-order valence-corrected chi connectivity index (χ4v) is 4.63. The van der Waals surface area contributed by atoms with Crippen molar-refractivity contribution < 1.29 is 17.6 Å². The summed E-state index contributed by atoms with van der Waals surface area (Å²) >= 11 is 2.59. The Morgan fingerprint density at radius 1 is 1.18 bits per heavy atom. The van der Waals surface area contributed by atoms with Crippen molar-refractivity contribution in [3.8, 4) is 6.07 Å². The first-order valence-electron chi connectivity index (χ1n) is 10.5. The molecule has 2 aromatic rings. The standard InChI is InChI=1S/C15H20F3NS.C8H8FN3S/c1-12-10-19(11-15(12,17)18)8-2-3-9-20-14-6-4-13(16)5-7-14;1-12-8-5(4-10)2-6(13-11)3-7(8)9/h4-7,12H,2-3,8-11H2,1H3;2-3,12H,11H2,1H3. The summed E-state index contributed by atoms with van der Waals surface area (Å²) in [6, 6.07) is 11.2. The molecule has 0 bridgehead atoms. The van der Waals surface area contributed by atoms with Crippen molar-refractivity contribution >= 4 is 29.4 Å². The van der Waals surface area contributed by atoms with E-state index in [1.165, 1.54) is 18.2 Å². The van der Waals surface area contributed by atoms with E-state index in [0.717, 1.165) is 42.0 Å². The van der Waals surface area contributed by atoms with Crippen molar-refractivity contribution in [3.63, 3.8) is 0 Å². The van der Waals surface area contributed by atoms with Crippen LogP contribution in [0.2, 0.25) is 0 Å². The first-order chi connectivity index (χ1) is 15.7. The molecule has 3 N–H and O–H groups in total. The third-order valence-corrected chi connectivity index (χ3v) is 6.81. The molecular formula is C23H28F4N4S2. The number of likely N-dealkylation sites (tertiary alicyclic amines) is 1. The minimum absolute atomic E-state index is 0.0979. The molecule has 180 valence electrons. The van der Waals surface area contributed by atoms with Crippen LogP contribution in [0.3, 0.4) is 0 Å². The molecule has 0 aromatic heterocycles. The van der Waals surface area contributed by atoms with Crippen molar-refractivity contribution in [1.29, 1.82) is 5.26 Å². The number of anilines is 1. The van der Waals surface area contributed by atoms with Crippen molar-refractivity contribution in [2.24, 2.45) is 11.1 Å². The molecule has 0 saturated carbocycles. The zero-order chi connectivity index (χ0) is 24.4. The van der Waals surface area contributed by atoms with Crippen molar-refractivity contribution in [1.82, 2.24) is 4.90 Å². The summed E-state index contributed by atoms with van der Waals surface area (Å²) in [6.45, 7) is 2.76. The van der Waals surface area contributed by atoms with Crippen LogP contribution in [0.5, 0.6) is 0 Å². The molecule has 0 aliphatic carbocycles. The maximum atomic E-state index is 13.3.